The van der Waals surface area contributed by atoms with Crippen LogP contribution in [0.25, 0.3) is 0 Å². The first-order valence-electron chi connectivity index (χ1n) is 9.49. The molecule has 3 heteroatoms. The molecule has 0 aromatic heterocycles. The Morgan fingerprint density at radius 2 is 1.80 bits per heavy atom. The van der Waals surface area contributed by atoms with E-state index in [-0.39, 0.29) is 11.9 Å². The fourth-order valence-corrected chi connectivity index (χ4v) is 4.26. The standard InChI is InChI=1S/C22H26N2O/c25-22(24-14-6-12-21(24)17-7-2-1-3-8-17)19-10-4-9-18(15-19)20-11-5-13-23-16-20/h1-4,7-10,15,20-21,23H,5-6,11-14,16H2/t20-,21-/m0/s1. The molecule has 2 aromatic carbocycles. The number of likely N-dealkylation sites (tertiary alicyclic amines) is 1. The number of benzene rings is 2. The molecule has 3 nitrogen and oxygen atoms in total. The van der Waals surface area contributed by atoms with E-state index in [9.17, 15) is 4.79 Å². The SMILES string of the molecule is O=C(c1cccc([C@H]2CCCNC2)c1)N1CCC[C@H]1c1ccccc1. The highest BCUT2D eigenvalue weighted by Gasteiger charge is 2.30. The summed E-state index contributed by atoms with van der Waals surface area (Å²) in [6.07, 6.45) is 4.56. The third-order valence-electron chi connectivity index (χ3n) is 5.60. The predicted molar refractivity (Wildman–Crippen MR) is 101 cm³/mol. The number of carbonyl (C=O) groups is 1. The summed E-state index contributed by atoms with van der Waals surface area (Å²) in [7, 11) is 0. The van der Waals surface area contributed by atoms with E-state index in [4.69, 9.17) is 0 Å². The van der Waals surface area contributed by atoms with Gasteiger partial charge in [-0.3, -0.25) is 4.79 Å². The van der Waals surface area contributed by atoms with E-state index in [1.165, 1.54) is 24.0 Å². The van der Waals surface area contributed by atoms with Crippen LogP contribution in [-0.2, 0) is 0 Å². The average molecular weight is 334 g/mol. The van der Waals surface area contributed by atoms with Gasteiger partial charge in [-0.25, -0.2) is 0 Å². The van der Waals surface area contributed by atoms with Crippen LogP contribution in [0, 0.1) is 0 Å². The molecule has 1 amide bonds. The lowest BCUT2D eigenvalue weighted by molar-refractivity contribution is 0.0735. The molecular weight excluding hydrogens is 308 g/mol. The van der Waals surface area contributed by atoms with Crippen molar-refractivity contribution in [3.8, 4) is 0 Å². The first kappa shape index (κ1) is 16.3. The second-order valence-corrected chi connectivity index (χ2v) is 7.24. The van der Waals surface area contributed by atoms with Crippen LogP contribution in [-0.4, -0.2) is 30.4 Å². The van der Waals surface area contributed by atoms with Gasteiger partial charge >= 0.3 is 0 Å². The first-order chi connectivity index (χ1) is 12.3. The number of nitrogens with one attached hydrogen (secondary N) is 1. The Morgan fingerprint density at radius 1 is 0.960 bits per heavy atom. The molecule has 0 unspecified atom stereocenters. The van der Waals surface area contributed by atoms with Gasteiger partial charge in [-0.1, -0.05) is 42.5 Å². The van der Waals surface area contributed by atoms with Crippen LogP contribution in [0.1, 0.15) is 59.1 Å². The second kappa shape index (κ2) is 7.40. The van der Waals surface area contributed by atoms with E-state index in [0.29, 0.717) is 5.92 Å². The van der Waals surface area contributed by atoms with Crippen molar-refractivity contribution in [3.63, 3.8) is 0 Å². The Bertz CT molecular complexity index is 722. The van der Waals surface area contributed by atoms with Crippen LogP contribution in [0.5, 0.6) is 0 Å². The van der Waals surface area contributed by atoms with E-state index in [2.05, 4.69) is 46.6 Å². The van der Waals surface area contributed by atoms with E-state index in [1.54, 1.807) is 0 Å². The summed E-state index contributed by atoms with van der Waals surface area (Å²) in [4.78, 5) is 15.2. The maximum absolute atomic E-state index is 13.2. The number of amides is 1. The number of hydrogen-bond acceptors (Lipinski definition) is 2. The van der Waals surface area contributed by atoms with Gasteiger partial charge in [-0.2, -0.15) is 0 Å². The average Bonchev–Trinajstić information content (AvgIpc) is 3.19. The Hall–Kier alpha value is -2.13. The molecule has 2 aliphatic heterocycles. The van der Waals surface area contributed by atoms with Crippen molar-refractivity contribution in [1.82, 2.24) is 10.2 Å². The lowest BCUT2D eigenvalue weighted by Gasteiger charge is -2.26. The molecule has 130 valence electrons. The second-order valence-electron chi connectivity index (χ2n) is 7.24. The molecule has 2 atom stereocenters. The highest BCUT2D eigenvalue weighted by Crippen LogP contribution is 2.33. The smallest absolute Gasteiger partial charge is 0.254 e. The van der Waals surface area contributed by atoms with Gasteiger partial charge in [-0.05, 0) is 61.4 Å². The Kier molecular flexibility index (Phi) is 4.84. The van der Waals surface area contributed by atoms with Gasteiger partial charge in [0, 0.05) is 18.7 Å². The zero-order valence-corrected chi connectivity index (χ0v) is 14.7. The summed E-state index contributed by atoms with van der Waals surface area (Å²) in [5.41, 5.74) is 3.39. The minimum absolute atomic E-state index is 0.178. The molecule has 0 radical (unpaired) electrons. The Morgan fingerprint density at radius 3 is 2.60 bits per heavy atom. The molecule has 2 aliphatic rings. The molecule has 0 saturated carbocycles. The molecule has 1 N–H and O–H groups in total. The van der Waals surface area contributed by atoms with Crippen molar-refractivity contribution < 1.29 is 4.79 Å². The van der Waals surface area contributed by atoms with E-state index in [1.807, 2.05) is 18.2 Å². The minimum Gasteiger partial charge on any atom is -0.332 e. The normalized spacial score (nSPS) is 23.6. The number of carbonyl (C=O) groups excluding carboxylic acids is 1. The Balaban J connectivity index is 1.56. The summed E-state index contributed by atoms with van der Waals surface area (Å²) in [6.45, 7) is 2.99. The number of rotatable bonds is 3. The van der Waals surface area contributed by atoms with Crippen LogP contribution < -0.4 is 5.32 Å². The third kappa shape index (κ3) is 3.47. The molecular formula is C22H26N2O. The Labute approximate surface area is 150 Å². The summed E-state index contributed by atoms with van der Waals surface area (Å²) in [5.74, 6) is 0.710. The van der Waals surface area contributed by atoms with Gasteiger partial charge in [0.2, 0.25) is 0 Å². The number of nitrogens with zero attached hydrogens (tertiary/aromatic N) is 1. The van der Waals surface area contributed by atoms with Crippen LogP contribution in [0.4, 0.5) is 0 Å². The van der Waals surface area contributed by atoms with E-state index in [0.717, 1.165) is 38.0 Å². The highest BCUT2D eigenvalue weighted by atomic mass is 16.2. The fraction of sp³-hybridized carbons (Fsp3) is 0.409. The summed E-state index contributed by atoms with van der Waals surface area (Å²) >= 11 is 0. The molecule has 2 aromatic rings. The van der Waals surface area contributed by atoms with Crippen LogP contribution in [0.2, 0.25) is 0 Å². The maximum atomic E-state index is 13.2. The molecule has 25 heavy (non-hydrogen) atoms. The van der Waals surface area contributed by atoms with Crippen molar-refractivity contribution >= 4 is 5.91 Å². The van der Waals surface area contributed by atoms with Gasteiger partial charge in [0.1, 0.15) is 0 Å². The monoisotopic (exact) mass is 334 g/mol. The van der Waals surface area contributed by atoms with Gasteiger partial charge in [0.15, 0.2) is 0 Å². The predicted octanol–water partition coefficient (Wildman–Crippen LogP) is 4.13. The van der Waals surface area contributed by atoms with Crippen LogP contribution in [0.3, 0.4) is 0 Å². The number of piperidine rings is 1. The van der Waals surface area contributed by atoms with Gasteiger partial charge < -0.3 is 10.2 Å². The van der Waals surface area contributed by atoms with Crippen molar-refractivity contribution in [1.29, 1.82) is 0 Å². The molecule has 2 saturated heterocycles. The van der Waals surface area contributed by atoms with Gasteiger partial charge in [-0.15, -0.1) is 0 Å². The van der Waals surface area contributed by atoms with Crippen molar-refractivity contribution in [3.05, 3.63) is 71.3 Å². The van der Waals surface area contributed by atoms with E-state index >= 15 is 0 Å². The zero-order chi connectivity index (χ0) is 17.1. The summed E-state index contributed by atoms with van der Waals surface area (Å²) in [5, 5.41) is 3.47. The minimum atomic E-state index is 0.178. The summed E-state index contributed by atoms with van der Waals surface area (Å²) in [6, 6.07) is 19.0. The lowest BCUT2D eigenvalue weighted by atomic mass is 9.90. The van der Waals surface area contributed by atoms with E-state index < -0.39 is 0 Å². The van der Waals surface area contributed by atoms with Crippen molar-refractivity contribution in [2.75, 3.05) is 19.6 Å². The first-order valence-corrected chi connectivity index (χ1v) is 9.49. The number of hydrogen-bond donors (Lipinski definition) is 1. The van der Waals surface area contributed by atoms with Crippen LogP contribution >= 0.6 is 0 Å². The van der Waals surface area contributed by atoms with Gasteiger partial charge in [0.25, 0.3) is 5.91 Å². The summed E-state index contributed by atoms with van der Waals surface area (Å²) < 4.78 is 0. The maximum Gasteiger partial charge on any atom is 0.254 e. The molecule has 2 heterocycles. The molecule has 2 fully saturated rings. The van der Waals surface area contributed by atoms with Crippen LogP contribution in [0.15, 0.2) is 54.6 Å². The topological polar surface area (TPSA) is 32.3 Å². The molecule has 0 spiro atoms. The molecule has 0 bridgehead atoms. The quantitative estimate of drug-likeness (QED) is 0.915. The lowest BCUT2D eigenvalue weighted by Crippen LogP contribution is -2.31. The largest absolute Gasteiger partial charge is 0.332 e. The van der Waals surface area contributed by atoms with Crippen molar-refractivity contribution in [2.45, 2.75) is 37.6 Å². The fourth-order valence-electron chi connectivity index (χ4n) is 4.26. The van der Waals surface area contributed by atoms with Gasteiger partial charge in [0.05, 0.1) is 6.04 Å². The van der Waals surface area contributed by atoms with Crippen molar-refractivity contribution in [2.24, 2.45) is 0 Å². The molecule has 4 rings (SSSR count). The zero-order valence-electron chi connectivity index (χ0n) is 14.7. The molecule has 0 aliphatic carbocycles. The third-order valence-corrected chi connectivity index (χ3v) is 5.60. The highest BCUT2D eigenvalue weighted by molar-refractivity contribution is 5.95.